The number of rotatable bonds is 3. The van der Waals surface area contributed by atoms with Crippen molar-refractivity contribution in [2.75, 3.05) is 11.1 Å². The number of halogens is 3. The lowest BCUT2D eigenvalue weighted by molar-refractivity contribution is -0.274. The Labute approximate surface area is 150 Å². The molecule has 0 atom stereocenters. The molecule has 2 aromatic heterocycles. The zero-order valence-electron chi connectivity index (χ0n) is 13.8. The zero-order chi connectivity index (χ0) is 19.1. The van der Waals surface area contributed by atoms with E-state index in [-0.39, 0.29) is 5.75 Å². The van der Waals surface area contributed by atoms with Gasteiger partial charge in [0, 0.05) is 16.8 Å². The fourth-order valence-electron chi connectivity index (χ4n) is 2.57. The van der Waals surface area contributed by atoms with Crippen LogP contribution in [0, 0.1) is 13.8 Å². The Kier molecular flexibility index (Phi) is 4.49. The van der Waals surface area contributed by atoms with Gasteiger partial charge >= 0.3 is 6.36 Å². The Balaban J connectivity index is 1.83. The first-order chi connectivity index (χ1) is 12.1. The molecule has 0 saturated carbocycles. The Morgan fingerprint density at radius 1 is 1.23 bits per heavy atom. The van der Waals surface area contributed by atoms with Gasteiger partial charge in [-0.15, -0.1) is 24.5 Å². The number of hydrogen-bond acceptors (Lipinski definition) is 5. The minimum Gasteiger partial charge on any atom is -0.406 e. The lowest BCUT2D eigenvalue weighted by atomic mass is 10.1. The first-order valence-corrected chi connectivity index (χ1v) is 8.29. The van der Waals surface area contributed by atoms with E-state index in [9.17, 15) is 18.0 Å². The zero-order valence-corrected chi connectivity index (χ0v) is 14.6. The summed E-state index contributed by atoms with van der Waals surface area (Å²) < 4.78 is 40.3. The number of hydrogen-bond donors (Lipinski definition) is 2. The molecule has 3 rings (SSSR count). The monoisotopic (exact) mass is 381 g/mol. The Morgan fingerprint density at radius 3 is 2.50 bits per heavy atom. The summed E-state index contributed by atoms with van der Waals surface area (Å²) in [6.45, 7) is 3.74. The maximum atomic E-state index is 12.5. The average Bonchev–Trinajstić information content (AvgIpc) is 2.84. The van der Waals surface area contributed by atoms with Crippen LogP contribution in [0.2, 0.25) is 0 Å². The van der Waals surface area contributed by atoms with Crippen molar-refractivity contribution in [3.8, 4) is 5.75 Å². The van der Waals surface area contributed by atoms with E-state index in [2.05, 4.69) is 15.0 Å². The summed E-state index contributed by atoms with van der Waals surface area (Å²) in [5.74, 6) is -0.820. The van der Waals surface area contributed by atoms with Crippen LogP contribution < -0.4 is 15.8 Å². The van der Waals surface area contributed by atoms with E-state index >= 15 is 0 Å². The number of benzene rings is 1. The second kappa shape index (κ2) is 6.49. The first kappa shape index (κ1) is 18.0. The molecule has 136 valence electrons. The molecule has 5 nitrogen and oxygen atoms in total. The minimum absolute atomic E-state index is 0.303. The van der Waals surface area contributed by atoms with Crippen LogP contribution in [0.25, 0.3) is 10.2 Å². The number of nitrogens with one attached hydrogen (secondary N) is 1. The smallest absolute Gasteiger partial charge is 0.406 e. The van der Waals surface area contributed by atoms with Gasteiger partial charge in [-0.3, -0.25) is 4.79 Å². The fourth-order valence-corrected chi connectivity index (χ4v) is 3.68. The summed E-state index contributed by atoms with van der Waals surface area (Å²) >= 11 is 1.17. The molecule has 0 spiro atoms. The molecule has 0 fully saturated rings. The van der Waals surface area contributed by atoms with Crippen LogP contribution in [-0.2, 0) is 0 Å². The fraction of sp³-hybridized carbons (Fsp3) is 0.176. The van der Waals surface area contributed by atoms with Gasteiger partial charge in [0.25, 0.3) is 5.91 Å². The molecule has 0 unspecified atom stereocenters. The Bertz CT molecular complexity index is 982. The molecule has 26 heavy (non-hydrogen) atoms. The highest BCUT2D eigenvalue weighted by Crippen LogP contribution is 2.35. The van der Waals surface area contributed by atoms with E-state index in [1.165, 1.54) is 23.5 Å². The number of nitrogens with zero attached hydrogens (tertiary/aromatic N) is 1. The van der Waals surface area contributed by atoms with E-state index in [1.54, 1.807) is 0 Å². The predicted molar refractivity (Wildman–Crippen MR) is 94.6 cm³/mol. The third-order valence-electron chi connectivity index (χ3n) is 3.58. The van der Waals surface area contributed by atoms with Gasteiger partial charge in [0.2, 0.25) is 0 Å². The highest BCUT2D eigenvalue weighted by Gasteiger charge is 2.31. The van der Waals surface area contributed by atoms with Gasteiger partial charge in [0.15, 0.2) is 0 Å². The Morgan fingerprint density at radius 2 is 1.88 bits per heavy atom. The molecular weight excluding hydrogens is 367 g/mol. The van der Waals surface area contributed by atoms with Crippen molar-refractivity contribution in [1.82, 2.24) is 4.98 Å². The van der Waals surface area contributed by atoms with Gasteiger partial charge in [0.1, 0.15) is 15.5 Å². The number of alkyl halides is 3. The van der Waals surface area contributed by atoms with Gasteiger partial charge in [-0.2, -0.15) is 0 Å². The molecule has 1 aromatic carbocycles. The second-order valence-corrected chi connectivity index (χ2v) is 6.63. The molecule has 0 saturated heterocycles. The summed E-state index contributed by atoms with van der Waals surface area (Å²) in [4.78, 5) is 17.9. The Hall–Kier alpha value is -2.81. The molecule has 3 aromatic rings. The predicted octanol–water partition coefficient (Wildman–Crippen LogP) is 4.65. The molecule has 0 aliphatic heterocycles. The quantitative estimate of drug-likeness (QED) is 0.693. The van der Waals surface area contributed by atoms with Crippen molar-refractivity contribution in [2.24, 2.45) is 0 Å². The molecule has 2 heterocycles. The maximum Gasteiger partial charge on any atom is 0.573 e. The summed E-state index contributed by atoms with van der Waals surface area (Å²) in [7, 11) is 0. The molecule has 0 aliphatic rings. The number of amides is 1. The third-order valence-corrected chi connectivity index (χ3v) is 4.67. The topological polar surface area (TPSA) is 77.2 Å². The molecule has 0 bridgehead atoms. The summed E-state index contributed by atoms with van der Waals surface area (Å²) in [5, 5.41) is 3.35. The molecular formula is C17H14F3N3O2S. The molecule has 1 amide bonds. The molecule has 0 aliphatic carbocycles. The van der Waals surface area contributed by atoms with Gasteiger partial charge in [-0.1, -0.05) is 0 Å². The number of pyridine rings is 1. The van der Waals surface area contributed by atoms with Crippen LogP contribution in [0.15, 0.2) is 30.3 Å². The van der Waals surface area contributed by atoms with Crippen molar-refractivity contribution < 1.29 is 22.7 Å². The number of carbonyl (C=O) groups excluding carboxylic acids is 1. The number of fused-ring (bicyclic) bond motifs is 1. The van der Waals surface area contributed by atoms with Crippen LogP contribution in [0.3, 0.4) is 0 Å². The summed E-state index contributed by atoms with van der Waals surface area (Å²) in [6.07, 6.45) is -4.76. The number of thiophene rings is 1. The lowest BCUT2D eigenvalue weighted by Gasteiger charge is -2.09. The van der Waals surface area contributed by atoms with E-state index in [0.717, 1.165) is 28.8 Å². The SMILES string of the molecule is Cc1cc(C)c2c(N)c(C(=O)Nc3ccc(OC(F)(F)F)cc3)sc2n1. The number of nitrogens with two attached hydrogens (primary N) is 1. The first-order valence-electron chi connectivity index (χ1n) is 7.47. The molecule has 9 heteroatoms. The number of aryl methyl sites for hydroxylation is 2. The maximum absolute atomic E-state index is 12.5. The van der Waals surface area contributed by atoms with Gasteiger partial charge in [-0.05, 0) is 49.7 Å². The highest BCUT2D eigenvalue weighted by molar-refractivity contribution is 7.21. The van der Waals surface area contributed by atoms with Crippen molar-refractivity contribution in [3.63, 3.8) is 0 Å². The number of aromatic nitrogens is 1. The number of anilines is 2. The van der Waals surface area contributed by atoms with Gasteiger partial charge in [-0.25, -0.2) is 4.98 Å². The number of nitrogen functional groups attached to an aromatic ring is 1. The van der Waals surface area contributed by atoms with Crippen LogP contribution in [0.5, 0.6) is 5.75 Å². The van der Waals surface area contributed by atoms with Crippen molar-refractivity contribution >= 4 is 38.8 Å². The summed E-state index contributed by atoms with van der Waals surface area (Å²) in [5.41, 5.74) is 8.51. The molecule has 0 radical (unpaired) electrons. The normalized spacial score (nSPS) is 11.6. The van der Waals surface area contributed by atoms with Gasteiger partial charge in [0.05, 0.1) is 5.69 Å². The van der Waals surface area contributed by atoms with Crippen molar-refractivity contribution in [2.45, 2.75) is 20.2 Å². The highest BCUT2D eigenvalue weighted by atomic mass is 32.1. The number of ether oxygens (including phenoxy) is 1. The van der Waals surface area contributed by atoms with Crippen LogP contribution in [0.4, 0.5) is 24.5 Å². The van der Waals surface area contributed by atoms with Gasteiger partial charge < -0.3 is 15.8 Å². The van der Waals surface area contributed by atoms with E-state index in [1.807, 2.05) is 19.9 Å². The van der Waals surface area contributed by atoms with Crippen LogP contribution >= 0.6 is 11.3 Å². The average molecular weight is 381 g/mol. The van der Waals surface area contributed by atoms with Crippen molar-refractivity contribution in [3.05, 3.63) is 46.5 Å². The third kappa shape index (κ3) is 3.72. The van der Waals surface area contributed by atoms with Crippen molar-refractivity contribution in [1.29, 1.82) is 0 Å². The standard InChI is InChI=1S/C17H14F3N3O2S/c1-8-7-9(2)22-16-12(8)13(21)14(26-16)15(24)23-10-3-5-11(6-4-10)25-17(18,19)20/h3-7H,21H2,1-2H3,(H,23,24). The molecule has 3 N–H and O–H groups in total. The lowest BCUT2D eigenvalue weighted by Crippen LogP contribution is -2.17. The minimum atomic E-state index is -4.76. The van der Waals surface area contributed by atoms with Crippen LogP contribution in [-0.4, -0.2) is 17.3 Å². The van der Waals surface area contributed by atoms with Crippen LogP contribution in [0.1, 0.15) is 20.9 Å². The second-order valence-electron chi connectivity index (χ2n) is 5.63. The van der Waals surface area contributed by atoms with E-state index in [0.29, 0.717) is 21.1 Å². The van der Waals surface area contributed by atoms with E-state index in [4.69, 9.17) is 5.73 Å². The largest absolute Gasteiger partial charge is 0.573 e. The summed E-state index contributed by atoms with van der Waals surface area (Å²) in [6, 6.07) is 6.75. The van der Waals surface area contributed by atoms with E-state index < -0.39 is 12.3 Å². The number of carbonyl (C=O) groups is 1.